The summed E-state index contributed by atoms with van der Waals surface area (Å²) in [5.74, 6) is 0.300. The highest BCUT2D eigenvalue weighted by atomic mass is 32.2. The molecule has 1 saturated carbocycles. The van der Waals surface area contributed by atoms with Crippen LogP contribution in [0.25, 0.3) is 17.0 Å². The minimum atomic E-state index is -0.226. The van der Waals surface area contributed by atoms with Gasteiger partial charge >= 0.3 is 0 Å². The molecular weight excluding hydrogens is 382 g/mol. The van der Waals surface area contributed by atoms with Crippen LogP contribution in [0.15, 0.2) is 27.8 Å². The van der Waals surface area contributed by atoms with Gasteiger partial charge in [-0.15, -0.1) is 0 Å². The van der Waals surface area contributed by atoms with Gasteiger partial charge in [-0.1, -0.05) is 43.2 Å². The smallest absolute Gasteiger partial charge is 0.263 e. The van der Waals surface area contributed by atoms with Gasteiger partial charge in [-0.25, -0.2) is 0 Å². The predicted molar refractivity (Wildman–Crippen MR) is 109 cm³/mol. The van der Waals surface area contributed by atoms with Crippen molar-refractivity contribution in [3.63, 3.8) is 0 Å². The molecule has 140 valence electrons. The van der Waals surface area contributed by atoms with E-state index in [4.69, 9.17) is 16.6 Å². The monoisotopic (exact) mass is 401 g/mol. The van der Waals surface area contributed by atoms with Crippen molar-refractivity contribution in [2.45, 2.75) is 44.6 Å². The van der Waals surface area contributed by atoms with Crippen molar-refractivity contribution >= 4 is 57.2 Å². The molecular formula is C19H19N3O3S2. The van der Waals surface area contributed by atoms with E-state index in [0.717, 1.165) is 23.8 Å². The lowest BCUT2D eigenvalue weighted by molar-refractivity contribution is -0.121. The minimum Gasteiger partial charge on any atom is -0.456 e. The van der Waals surface area contributed by atoms with Crippen LogP contribution in [0.3, 0.4) is 0 Å². The third kappa shape index (κ3) is 4.22. The molecule has 27 heavy (non-hydrogen) atoms. The molecule has 2 N–H and O–H groups in total. The standard InChI is InChI=1S/C19H19N3O3S2/c23-16(21-13-4-2-1-3-5-13)7-12-10-20-9-11-6-14(25-17(11)12)8-15-18(24)22-19(26)27-15/h6,8-10,13H,1-5,7H2,(H,21,23)(H,22,24,26)/b15-8-. The molecule has 1 saturated heterocycles. The van der Waals surface area contributed by atoms with E-state index in [1.807, 2.05) is 6.07 Å². The zero-order valence-corrected chi connectivity index (χ0v) is 16.3. The number of rotatable bonds is 4. The van der Waals surface area contributed by atoms with Gasteiger partial charge < -0.3 is 15.1 Å². The maximum absolute atomic E-state index is 12.4. The molecule has 2 amide bonds. The number of thioether (sulfide) groups is 1. The number of nitrogens with zero attached hydrogens (tertiary/aromatic N) is 1. The van der Waals surface area contributed by atoms with E-state index in [9.17, 15) is 9.59 Å². The number of furan rings is 1. The highest BCUT2D eigenvalue weighted by Crippen LogP contribution is 2.29. The summed E-state index contributed by atoms with van der Waals surface area (Å²) in [4.78, 5) is 28.9. The van der Waals surface area contributed by atoms with Crippen molar-refractivity contribution in [3.05, 3.63) is 34.7 Å². The fourth-order valence-electron chi connectivity index (χ4n) is 3.48. The molecule has 2 aromatic rings. The summed E-state index contributed by atoms with van der Waals surface area (Å²) in [7, 11) is 0. The fraction of sp³-hybridized carbons (Fsp3) is 0.368. The number of carbonyl (C=O) groups is 2. The number of nitrogens with one attached hydrogen (secondary N) is 2. The normalized spacial score (nSPS) is 19.6. The van der Waals surface area contributed by atoms with Crippen LogP contribution in [0.4, 0.5) is 0 Å². The summed E-state index contributed by atoms with van der Waals surface area (Å²) in [5, 5.41) is 6.50. The number of thiocarbonyl (C=S) groups is 1. The molecule has 0 atom stereocenters. The van der Waals surface area contributed by atoms with Gasteiger partial charge in [0.05, 0.1) is 11.3 Å². The van der Waals surface area contributed by atoms with Crippen molar-refractivity contribution < 1.29 is 14.0 Å². The Bertz CT molecular complexity index is 945. The molecule has 0 unspecified atom stereocenters. The highest BCUT2D eigenvalue weighted by Gasteiger charge is 2.23. The average molecular weight is 402 g/mol. The molecule has 2 aliphatic rings. The maximum Gasteiger partial charge on any atom is 0.263 e. The van der Waals surface area contributed by atoms with E-state index in [2.05, 4.69) is 15.6 Å². The zero-order valence-electron chi connectivity index (χ0n) is 14.6. The summed E-state index contributed by atoms with van der Waals surface area (Å²) in [5.41, 5.74) is 1.37. The van der Waals surface area contributed by atoms with E-state index >= 15 is 0 Å². The van der Waals surface area contributed by atoms with E-state index < -0.39 is 0 Å². The Kier molecular flexibility index (Phi) is 5.27. The number of carbonyl (C=O) groups excluding carboxylic acids is 2. The number of hydrogen-bond acceptors (Lipinski definition) is 6. The molecule has 2 aromatic heterocycles. The second-order valence-electron chi connectivity index (χ2n) is 6.80. The lowest BCUT2D eigenvalue weighted by Gasteiger charge is -2.22. The molecule has 4 rings (SSSR count). The average Bonchev–Trinajstić information content (AvgIpc) is 3.19. The van der Waals surface area contributed by atoms with Gasteiger partial charge in [-0.05, 0) is 18.9 Å². The van der Waals surface area contributed by atoms with Crippen molar-refractivity contribution in [1.82, 2.24) is 15.6 Å². The Labute approximate surface area is 166 Å². The van der Waals surface area contributed by atoms with Gasteiger partial charge in [0.1, 0.15) is 15.7 Å². The lowest BCUT2D eigenvalue weighted by atomic mass is 9.95. The van der Waals surface area contributed by atoms with Crippen LogP contribution in [0.5, 0.6) is 0 Å². The van der Waals surface area contributed by atoms with Gasteiger partial charge in [0, 0.05) is 35.5 Å². The Balaban J connectivity index is 1.52. The molecule has 0 radical (unpaired) electrons. The SMILES string of the molecule is O=C(Cc1cncc2cc(/C=C3\SC(=S)NC3=O)oc12)NC1CCCCC1. The number of pyridine rings is 1. The van der Waals surface area contributed by atoms with Crippen molar-refractivity contribution in [3.8, 4) is 0 Å². The molecule has 6 nitrogen and oxygen atoms in total. The van der Waals surface area contributed by atoms with Crippen molar-refractivity contribution in [1.29, 1.82) is 0 Å². The highest BCUT2D eigenvalue weighted by molar-refractivity contribution is 8.26. The second kappa shape index (κ2) is 7.82. The van der Waals surface area contributed by atoms with Gasteiger partial charge in [0.15, 0.2) is 0 Å². The molecule has 1 aliphatic heterocycles. The third-order valence-corrected chi connectivity index (χ3v) is 5.91. The molecule has 0 aromatic carbocycles. The topological polar surface area (TPSA) is 84.2 Å². The van der Waals surface area contributed by atoms with Gasteiger partial charge in [0.2, 0.25) is 5.91 Å². The Morgan fingerprint density at radius 1 is 1.37 bits per heavy atom. The summed E-state index contributed by atoms with van der Waals surface area (Å²) < 4.78 is 6.34. The first kappa shape index (κ1) is 18.2. The first-order valence-corrected chi connectivity index (χ1v) is 10.2. The van der Waals surface area contributed by atoms with E-state index in [-0.39, 0.29) is 24.3 Å². The first-order chi connectivity index (χ1) is 13.1. The molecule has 8 heteroatoms. The fourth-order valence-corrected chi connectivity index (χ4v) is 4.51. The molecule has 3 heterocycles. The van der Waals surface area contributed by atoms with Gasteiger partial charge in [-0.3, -0.25) is 14.6 Å². The van der Waals surface area contributed by atoms with Crippen molar-refractivity contribution in [2.24, 2.45) is 0 Å². The first-order valence-electron chi connectivity index (χ1n) is 8.99. The Morgan fingerprint density at radius 2 is 2.19 bits per heavy atom. The summed E-state index contributed by atoms with van der Waals surface area (Å²) in [6, 6.07) is 2.09. The lowest BCUT2D eigenvalue weighted by Crippen LogP contribution is -2.37. The van der Waals surface area contributed by atoms with Crippen LogP contribution in [-0.2, 0) is 16.0 Å². The molecule has 0 spiro atoms. The van der Waals surface area contributed by atoms with Crippen LogP contribution in [-0.4, -0.2) is 27.2 Å². The quantitative estimate of drug-likeness (QED) is 0.604. The molecule has 0 bridgehead atoms. The van der Waals surface area contributed by atoms with E-state index in [0.29, 0.717) is 20.6 Å². The van der Waals surface area contributed by atoms with Gasteiger partial charge in [-0.2, -0.15) is 0 Å². The number of hydrogen-bond donors (Lipinski definition) is 2. The number of aromatic nitrogens is 1. The van der Waals surface area contributed by atoms with Crippen LogP contribution in [0.1, 0.15) is 43.4 Å². The molecule has 1 aliphatic carbocycles. The van der Waals surface area contributed by atoms with Crippen LogP contribution >= 0.6 is 24.0 Å². The van der Waals surface area contributed by atoms with Crippen LogP contribution < -0.4 is 10.6 Å². The van der Waals surface area contributed by atoms with Crippen LogP contribution in [0, 0.1) is 0 Å². The zero-order chi connectivity index (χ0) is 18.8. The predicted octanol–water partition coefficient (Wildman–Crippen LogP) is 3.31. The Hall–Kier alpha value is -2.19. The largest absolute Gasteiger partial charge is 0.456 e. The summed E-state index contributed by atoms with van der Waals surface area (Å²) in [6.07, 6.45) is 10.9. The third-order valence-electron chi connectivity index (χ3n) is 4.75. The second-order valence-corrected chi connectivity index (χ2v) is 8.52. The van der Waals surface area contributed by atoms with Crippen LogP contribution in [0.2, 0.25) is 0 Å². The maximum atomic E-state index is 12.4. The molecule has 2 fully saturated rings. The Morgan fingerprint density at radius 3 is 2.93 bits per heavy atom. The van der Waals surface area contributed by atoms with E-state index in [1.165, 1.54) is 31.0 Å². The van der Waals surface area contributed by atoms with E-state index in [1.54, 1.807) is 18.5 Å². The summed E-state index contributed by atoms with van der Waals surface area (Å²) >= 11 is 6.20. The number of fused-ring (bicyclic) bond motifs is 1. The van der Waals surface area contributed by atoms with Crippen molar-refractivity contribution in [2.75, 3.05) is 0 Å². The minimum absolute atomic E-state index is 0.0106. The number of amides is 2. The summed E-state index contributed by atoms with van der Waals surface area (Å²) in [6.45, 7) is 0. The van der Waals surface area contributed by atoms with Gasteiger partial charge in [0.25, 0.3) is 5.91 Å².